The maximum Gasteiger partial charge on any atom is 0.259 e. The Balaban J connectivity index is 1.20. The van der Waals surface area contributed by atoms with Gasteiger partial charge >= 0.3 is 0 Å². The third-order valence-electron chi connectivity index (χ3n) is 5.57. The van der Waals surface area contributed by atoms with Gasteiger partial charge in [0, 0.05) is 16.3 Å². The highest BCUT2D eigenvalue weighted by Gasteiger charge is 2.21. The van der Waals surface area contributed by atoms with E-state index in [4.69, 9.17) is 0 Å². The number of H-pyrrole nitrogens is 1. The van der Waals surface area contributed by atoms with Gasteiger partial charge in [-0.2, -0.15) is 5.10 Å². The van der Waals surface area contributed by atoms with Crippen molar-refractivity contribution in [1.82, 2.24) is 19.7 Å². The van der Waals surface area contributed by atoms with Crippen molar-refractivity contribution in [3.63, 3.8) is 0 Å². The summed E-state index contributed by atoms with van der Waals surface area (Å²) in [6.07, 6.45) is 3.05. The normalized spacial score (nSPS) is 12.9. The molecule has 10 heteroatoms. The van der Waals surface area contributed by atoms with Gasteiger partial charge in [-0.1, -0.05) is 0 Å². The second-order valence-corrected chi connectivity index (χ2v) is 10.2. The van der Waals surface area contributed by atoms with Gasteiger partial charge in [0.25, 0.3) is 5.56 Å². The minimum Gasteiger partial charge on any atom is -0.325 e. The summed E-state index contributed by atoms with van der Waals surface area (Å²) in [5.41, 5.74) is 3.40. The molecule has 3 heterocycles. The van der Waals surface area contributed by atoms with Crippen molar-refractivity contribution in [2.45, 2.75) is 38.9 Å². The van der Waals surface area contributed by atoms with Crippen LogP contribution in [0.3, 0.4) is 0 Å². The largest absolute Gasteiger partial charge is 0.325 e. The minimum atomic E-state index is -0.468. The number of benzene rings is 1. The van der Waals surface area contributed by atoms with Gasteiger partial charge in [0.1, 0.15) is 16.3 Å². The lowest BCUT2D eigenvalue weighted by atomic mass is 10.2. The molecule has 5 rings (SSSR count). The first-order valence-corrected chi connectivity index (χ1v) is 12.6. The van der Waals surface area contributed by atoms with Crippen LogP contribution in [-0.2, 0) is 23.4 Å². The highest BCUT2D eigenvalue weighted by molar-refractivity contribution is 7.99. The summed E-state index contributed by atoms with van der Waals surface area (Å²) < 4.78 is 16.2. The number of thioether (sulfide) groups is 1. The summed E-state index contributed by atoms with van der Waals surface area (Å²) in [7, 11) is 0. The monoisotopic (exact) mass is 483 g/mol. The summed E-state index contributed by atoms with van der Waals surface area (Å²) >= 11 is 2.94. The number of hydrogen-bond donors (Lipinski definition) is 2. The third-order valence-corrected chi connectivity index (χ3v) is 7.69. The molecule has 1 aromatic carbocycles. The number of nitrogens with one attached hydrogen (secondary N) is 2. The van der Waals surface area contributed by atoms with Crippen molar-refractivity contribution in [2.24, 2.45) is 0 Å². The van der Waals surface area contributed by atoms with Crippen LogP contribution in [0.5, 0.6) is 0 Å². The molecule has 1 aliphatic rings. The number of carbonyl (C=O) groups is 1. The van der Waals surface area contributed by atoms with Crippen LogP contribution in [0.1, 0.15) is 34.1 Å². The van der Waals surface area contributed by atoms with Gasteiger partial charge in [0.2, 0.25) is 5.91 Å². The Morgan fingerprint density at radius 2 is 2.15 bits per heavy atom. The Bertz CT molecular complexity index is 1440. The van der Waals surface area contributed by atoms with Crippen LogP contribution in [0.4, 0.5) is 10.1 Å². The first-order valence-electron chi connectivity index (χ1n) is 10.6. The van der Waals surface area contributed by atoms with E-state index in [-0.39, 0.29) is 17.2 Å². The number of halogens is 1. The number of fused-ring (bicyclic) bond motifs is 3. The number of aromatic amines is 1. The van der Waals surface area contributed by atoms with Crippen LogP contribution in [0.2, 0.25) is 0 Å². The number of rotatable bonds is 6. The standard InChI is InChI=1S/C23H22FN5O2S2/c1-12-8-13(2)29(28-12)17-7-6-14(9-16(17)24)25-20(30)11-32-10-19-26-22(31)21-15-4-3-5-18(15)33-23(21)27-19/h6-9H,3-5,10-11H2,1-2H3,(H,25,30)(H,26,27,31). The van der Waals surface area contributed by atoms with Crippen LogP contribution in [0, 0.1) is 19.7 Å². The van der Waals surface area contributed by atoms with Crippen molar-refractivity contribution >= 4 is 44.9 Å². The Labute approximate surface area is 197 Å². The zero-order valence-electron chi connectivity index (χ0n) is 18.2. The number of anilines is 1. The van der Waals surface area contributed by atoms with Crippen LogP contribution in [0.25, 0.3) is 15.9 Å². The number of nitrogens with zero attached hydrogens (tertiary/aromatic N) is 3. The fourth-order valence-corrected chi connectivity index (χ4v) is 6.15. The summed E-state index contributed by atoms with van der Waals surface area (Å²) in [4.78, 5) is 34.4. The van der Waals surface area contributed by atoms with Crippen LogP contribution >= 0.6 is 23.1 Å². The Kier molecular flexibility index (Phi) is 5.79. The molecule has 0 spiro atoms. The lowest BCUT2D eigenvalue weighted by Gasteiger charge is -2.09. The molecule has 0 saturated heterocycles. The Morgan fingerprint density at radius 3 is 2.91 bits per heavy atom. The Morgan fingerprint density at radius 1 is 1.30 bits per heavy atom. The van der Waals surface area contributed by atoms with Gasteiger partial charge in [-0.15, -0.1) is 23.1 Å². The zero-order valence-corrected chi connectivity index (χ0v) is 19.8. The third kappa shape index (κ3) is 4.32. The number of hydrogen-bond acceptors (Lipinski definition) is 6. The minimum absolute atomic E-state index is 0.0994. The molecule has 3 aromatic heterocycles. The van der Waals surface area contributed by atoms with E-state index >= 15 is 0 Å². The van der Waals surface area contributed by atoms with E-state index in [1.807, 2.05) is 19.9 Å². The van der Waals surface area contributed by atoms with Gasteiger partial charge in [0.15, 0.2) is 5.82 Å². The fraction of sp³-hybridized carbons (Fsp3) is 0.304. The van der Waals surface area contributed by atoms with E-state index in [1.165, 1.54) is 22.7 Å². The Hall–Kier alpha value is -2.98. The van der Waals surface area contributed by atoms with Crippen molar-refractivity contribution in [3.05, 3.63) is 68.1 Å². The molecular weight excluding hydrogens is 461 g/mol. The molecule has 0 fully saturated rings. The highest BCUT2D eigenvalue weighted by Crippen LogP contribution is 2.34. The van der Waals surface area contributed by atoms with Crippen molar-refractivity contribution < 1.29 is 9.18 Å². The smallest absolute Gasteiger partial charge is 0.259 e. The van der Waals surface area contributed by atoms with Gasteiger partial charge in [-0.05, 0) is 62.9 Å². The molecule has 4 aromatic rings. The van der Waals surface area contributed by atoms with Crippen LogP contribution in [-0.4, -0.2) is 31.4 Å². The maximum absolute atomic E-state index is 14.6. The average molecular weight is 484 g/mol. The number of aromatic nitrogens is 4. The molecule has 7 nitrogen and oxygen atoms in total. The molecule has 0 aliphatic heterocycles. The second-order valence-electron chi connectivity index (χ2n) is 8.10. The number of amides is 1. The van der Waals surface area contributed by atoms with E-state index < -0.39 is 5.82 Å². The number of carbonyl (C=O) groups excluding carboxylic acids is 1. The lowest BCUT2D eigenvalue weighted by Crippen LogP contribution is -2.15. The molecular formula is C23H22FN5O2S2. The molecule has 1 aliphatic carbocycles. The zero-order chi connectivity index (χ0) is 23.1. The topological polar surface area (TPSA) is 92.7 Å². The number of thiophene rings is 1. The van der Waals surface area contributed by atoms with Crippen molar-refractivity contribution in [1.29, 1.82) is 0 Å². The first-order chi connectivity index (χ1) is 15.9. The van der Waals surface area contributed by atoms with E-state index in [1.54, 1.807) is 28.2 Å². The SMILES string of the molecule is Cc1cc(C)n(-c2ccc(NC(=O)CSCc3nc4sc5c(c4c(=O)[nH]3)CCC5)cc2F)n1. The lowest BCUT2D eigenvalue weighted by molar-refractivity contribution is -0.113. The van der Waals surface area contributed by atoms with Crippen molar-refractivity contribution in [2.75, 3.05) is 11.1 Å². The summed E-state index contributed by atoms with van der Waals surface area (Å²) in [6, 6.07) is 6.41. The number of aryl methyl sites for hydroxylation is 4. The highest BCUT2D eigenvalue weighted by atomic mass is 32.2. The quantitative estimate of drug-likeness (QED) is 0.427. The predicted molar refractivity (Wildman–Crippen MR) is 130 cm³/mol. The molecule has 0 bridgehead atoms. The van der Waals surface area contributed by atoms with Crippen LogP contribution in [0.15, 0.2) is 29.1 Å². The van der Waals surface area contributed by atoms with E-state index in [0.29, 0.717) is 23.0 Å². The maximum atomic E-state index is 14.6. The molecule has 0 unspecified atom stereocenters. The molecule has 0 saturated carbocycles. The molecule has 2 N–H and O–H groups in total. The molecule has 1 amide bonds. The summed E-state index contributed by atoms with van der Waals surface area (Å²) in [6.45, 7) is 3.71. The first kappa shape index (κ1) is 21.8. The molecule has 0 radical (unpaired) electrons. The molecule has 33 heavy (non-hydrogen) atoms. The van der Waals surface area contributed by atoms with E-state index in [2.05, 4.69) is 20.4 Å². The molecule has 0 atom stereocenters. The average Bonchev–Trinajstić information content (AvgIpc) is 3.42. The summed E-state index contributed by atoms with van der Waals surface area (Å²) in [5.74, 6) is 0.405. The summed E-state index contributed by atoms with van der Waals surface area (Å²) in [5, 5.41) is 7.74. The van der Waals surface area contributed by atoms with Crippen LogP contribution < -0.4 is 10.9 Å². The van der Waals surface area contributed by atoms with Gasteiger partial charge in [-0.25, -0.2) is 14.1 Å². The second kappa shape index (κ2) is 8.75. The van der Waals surface area contributed by atoms with E-state index in [9.17, 15) is 14.0 Å². The van der Waals surface area contributed by atoms with Gasteiger partial charge in [0.05, 0.1) is 22.6 Å². The van der Waals surface area contributed by atoms with Crippen molar-refractivity contribution in [3.8, 4) is 5.69 Å². The van der Waals surface area contributed by atoms with E-state index in [0.717, 1.165) is 46.4 Å². The fourth-order valence-electron chi connectivity index (χ4n) is 4.18. The van der Waals surface area contributed by atoms with Gasteiger partial charge in [-0.3, -0.25) is 9.59 Å². The predicted octanol–water partition coefficient (Wildman–Crippen LogP) is 4.29. The van der Waals surface area contributed by atoms with Gasteiger partial charge < -0.3 is 10.3 Å². The molecule has 170 valence electrons.